The fourth-order valence-corrected chi connectivity index (χ4v) is 3.21. The van der Waals surface area contributed by atoms with Crippen LogP contribution in [0.1, 0.15) is 27.5 Å². The van der Waals surface area contributed by atoms with Gasteiger partial charge in [0.1, 0.15) is 0 Å². The van der Waals surface area contributed by atoms with E-state index in [4.69, 9.17) is 0 Å². The zero-order valence-electron chi connectivity index (χ0n) is 16.3. The molecule has 0 spiro atoms. The van der Waals surface area contributed by atoms with Crippen LogP contribution in [0.5, 0.6) is 0 Å². The second-order valence-corrected chi connectivity index (χ2v) is 7.09. The quantitative estimate of drug-likeness (QED) is 0.531. The predicted octanol–water partition coefficient (Wildman–Crippen LogP) is -0.0700. The highest BCUT2D eigenvalue weighted by molar-refractivity contribution is 6.02. The zero-order valence-corrected chi connectivity index (χ0v) is 16.3. The Labute approximate surface area is 163 Å². The van der Waals surface area contributed by atoms with E-state index in [-0.39, 0.29) is 23.3 Å². The lowest BCUT2D eigenvalue weighted by atomic mass is 10.3. The average Bonchev–Trinajstić information content (AvgIpc) is 3.10. The molecule has 28 heavy (non-hydrogen) atoms. The van der Waals surface area contributed by atoms with Crippen LogP contribution in [0.25, 0.3) is 5.52 Å². The van der Waals surface area contributed by atoms with Gasteiger partial charge in [0.2, 0.25) is 12.2 Å². The number of amides is 3. The van der Waals surface area contributed by atoms with Crippen LogP contribution in [-0.4, -0.2) is 95.7 Å². The van der Waals surface area contributed by atoms with E-state index in [2.05, 4.69) is 15.2 Å². The van der Waals surface area contributed by atoms with E-state index in [1.165, 1.54) is 0 Å². The second-order valence-electron chi connectivity index (χ2n) is 7.09. The minimum atomic E-state index is -0.285. The number of hydrogen-bond donors (Lipinski definition) is 1. The molecule has 0 bridgehead atoms. The van der Waals surface area contributed by atoms with Crippen LogP contribution in [0.3, 0.4) is 0 Å². The molecule has 2 aromatic heterocycles. The molecule has 0 atom stereocenters. The molecule has 3 amide bonds. The second kappa shape index (κ2) is 8.83. The number of pyridine rings is 1. The summed E-state index contributed by atoms with van der Waals surface area (Å²) in [5, 5.41) is 2.88. The van der Waals surface area contributed by atoms with E-state index in [0.717, 1.165) is 19.4 Å². The summed E-state index contributed by atoms with van der Waals surface area (Å²) >= 11 is 0. The molecule has 1 N–H and O–H groups in total. The molecule has 1 fully saturated rings. The molecule has 1 aliphatic rings. The molecule has 3 heterocycles. The summed E-state index contributed by atoms with van der Waals surface area (Å²) < 4.78 is 1.66. The number of imidazole rings is 1. The van der Waals surface area contributed by atoms with Crippen molar-refractivity contribution in [2.24, 2.45) is 0 Å². The van der Waals surface area contributed by atoms with Gasteiger partial charge in [-0.05, 0) is 39.2 Å². The summed E-state index contributed by atoms with van der Waals surface area (Å²) in [5.41, 5.74) is 0.850. The number of rotatable bonds is 7. The van der Waals surface area contributed by atoms with Crippen molar-refractivity contribution in [1.82, 2.24) is 29.4 Å². The number of piperazine rings is 1. The number of fused-ring (bicyclic) bond motifs is 1. The van der Waals surface area contributed by atoms with Gasteiger partial charge in [0.15, 0.2) is 5.69 Å². The van der Waals surface area contributed by atoms with Gasteiger partial charge in [-0.1, -0.05) is 6.07 Å². The topological polar surface area (TPSA) is 90.3 Å². The lowest BCUT2D eigenvalue weighted by molar-refractivity contribution is -0.119. The smallest absolute Gasteiger partial charge is 0.290 e. The Hall–Kier alpha value is -2.94. The fourth-order valence-electron chi connectivity index (χ4n) is 3.21. The molecule has 2 aromatic rings. The first-order valence-electron chi connectivity index (χ1n) is 9.40. The lowest BCUT2D eigenvalue weighted by Crippen LogP contribution is -2.48. The molecule has 150 valence electrons. The summed E-state index contributed by atoms with van der Waals surface area (Å²) in [7, 11) is 3.97. The van der Waals surface area contributed by atoms with Gasteiger partial charge >= 0.3 is 0 Å². The minimum Gasteiger partial charge on any atom is -0.351 e. The Morgan fingerprint density at radius 1 is 1.21 bits per heavy atom. The van der Waals surface area contributed by atoms with Crippen molar-refractivity contribution >= 4 is 23.7 Å². The van der Waals surface area contributed by atoms with Crippen LogP contribution >= 0.6 is 0 Å². The van der Waals surface area contributed by atoms with Gasteiger partial charge in [-0.15, -0.1) is 0 Å². The third-order valence-corrected chi connectivity index (χ3v) is 4.77. The summed E-state index contributed by atoms with van der Waals surface area (Å²) in [5.74, 6) is -0.306. The fraction of sp³-hybridized carbons (Fsp3) is 0.474. The van der Waals surface area contributed by atoms with Gasteiger partial charge in [-0.2, -0.15) is 0 Å². The largest absolute Gasteiger partial charge is 0.351 e. The first kappa shape index (κ1) is 19.8. The minimum absolute atomic E-state index is 0.216. The molecule has 1 saturated heterocycles. The molecular formula is C19H26N6O3. The molecule has 0 saturated carbocycles. The van der Waals surface area contributed by atoms with Crippen molar-refractivity contribution in [3.05, 3.63) is 35.9 Å². The third-order valence-electron chi connectivity index (χ3n) is 4.77. The van der Waals surface area contributed by atoms with Crippen LogP contribution in [0, 0.1) is 0 Å². The number of aromatic nitrogens is 2. The van der Waals surface area contributed by atoms with Crippen LogP contribution in [0.4, 0.5) is 0 Å². The number of hydrogen-bond acceptors (Lipinski definition) is 5. The number of carbonyl (C=O) groups is 3. The first-order chi connectivity index (χ1) is 13.5. The molecule has 0 aromatic carbocycles. The number of carbonyl (C=O) groups excluding carboxylic acids is 3. The van der Waals surface area contributed by atoms with Gasteiger partial charge < -0.3 is 20.0 Å². The van der Waals surface area contributed by atoms with E-state index in [1.807, 2.05) is 20.2 Å². The molecule has 0 aliphatic carbocycles. The summed E-state index contributed by atoms with van der Waals surface area (Å²) in [6.07, 6.45) is 3.36. The van der Waals surface area contributed by atoms with E-state index in [1.54, 1.807) is 32.5 Å². The highest BCUT2D eigenvalue weighted by Crippen LogP contribution is 2.16. The lowest BCUT2D eigenvalue weighted by Gasteiger charge is -2.32. The van der Waals surface area contributed by atoms with Crippen LogP contribution in [0.2, 0.25) is 0 Å². The maximum atomic E-state index is 13.0. The van der Waals surface area contributed by atoms with E-state index in [9.17, 15) is 14.4 Å². The van der Waals surface area contributed by atoms with E-state index >= 15 is 0 Å². The third kappa shape index (κ3) is 4.30. The molecule has 9 heteroatoms. The van der Waals surface area contributed by atoms with E-state index < -0.39 is 0 Å². The van der Waals surface area contributed by atoms with Gasteiger partial charge in [0.05, 0.1) is 5.52 Å². The van der Waals surface area contributed by atoms with Crippen LogP contribution in [-0.2, 0) is 4.79 Å². The van der Waals surface area contributed by atoms with Crippen molar-refractivity contribution < 1.29 is 14.4 Å². The van der Waals surface area contributed by atoms with Gasteiger partial charge in [0.25, 0.3) is 11.8 Å². The van der Waals surface area contributed by atoms with Crippen molar-refractivity contribution in [1.29, 1.82) is 0 Å². The van der Waals surface area contributed by atoms with Crippen molar-refractivity contribution in [3.63, 3.8) is 0 Å². The monoisotopic (exact) mass is 386 g/mol. The molecule has 0 radical (unpaired) electrons. The maximum absolute atomic E-state index is 13.0. The van der Waals surface area contributed by atoms with Gasteiger partial charge in [-0.25, -0.2) is 4.98 Å². The van der Waals surface area contributed by atoms with Crippen molar-refractivity contribution in [3.8, 4) is 0 Å². The summed E-state index contributed by atoms with van der Waals surface area (Å²) in [6, 6.07) is 5.40. The molecule has 0 unspecified atom stereocenters. The molecule has 9 nitrogen and oxygen atoms in total. The van der Waals surface area contributed by atoms with Crippen molar-refractivity contribution in [2.75, 3.05) is 53.4 Å². The highest BCUT2D eigenvalue weighted by atomic mass is 16.2. The highest BCUT2D eigenvalue weighted by Gasteiger charge is 2.27. The van der Waals surface area contributed by atoms with Gasteiger partial charge in [-0.3, -0.25) is 18.8 Å². The molecular weight excluding hydrogens is 360 g/mol. The summed E-state index contributed by atoms with van der Waals surface area (Å²) in [4.78, 5) is 46.2. The molecule has 3 rings (SSSR count). The standard InChI is InChI=1S/C19H26N6O3/c1-22(2)8-5-7-20-18(27)16-15-6-3-4-9-25(15)17(21-16)19(28)24-12-10-23(14-26)11-13-24/h3-4,6,9,14H,5,7-8,10-13H2,1-2H3,(H,20,27). The average molecular weight is 386 g/mol. The van der Waals surface area contributed by atoms with Crippen LogP contribution < -0.4 is 5.32 Å². The Morgan fingerprint density at radius 3 is 2.64 bits per heavy atom. The number of nitrogens with zero attached hydrogens (tertiary/aromatic N) is 5. The Bertz CT molecular complexity index is 854. The van der Waals surface area contributed by atoms with Crippen LogP contribution in [0.15, 0.2) is 24.4 Å². The maximum Gasteiger partial charge on any atom is 0.290 e. The van der Waals surface area contributed by atoms with E-state index in [0.29, 0.717) is 38.2 Å². The Kier molecular flexibility index (Phi) is 6.25. The predicted molar refractivity (Wildman–Crippen MR) is 104 cm³/mol. The molecule has 1 aliphatic heterocycles. The number of nitrogens with one attached hydrogen (secondary N) is 1. The summed E-state index contributed by atoms with van der Waals surface area (Å²) in [6.45, 7) is 3.31. The Morgan fingerprint density at radius 2 is 1.96 bits per heavy atom. The first-order valence-corrected chi connectivity index (χ1v) is 9.40. The zero-order chi connectivity index (χ0) is 20.1. The van der Waals surface area contributed by atoms with Gasteiger partial charge in [0, 0.05) is 38.9 Å². The van der Waals surface area contributed by atoms with Crippen molar-refractivity contribution in [2.45, 2.75) is 6.42 Å². The Balaban J connectivity index is 1.77. The SMILES string of the molecule is CN(C)CCCNC(=O)c1nc(C(=O)N2CCN(C=O)CC2)n2ccccc12. The normalized spacial score (nSPS) is 14.5.